The van der Waals surface area contributed by atoms with Crippen molar-refractivity contribution in [2.75, 3.05) is 13.2 Å². The summed E-state index contributed by atoms with van der Waals surface area (Å²) in [6, 6.07) is 16.7. The van der Waals surface area contributed by atoms with E-state index in [1.807, 2.05) is 30.3 Å². The number of aliphatic hydroxyl groups is 1. The molecule has 0 aliphatic rings. The van der Waals surface area contributed by atoms with E-state index in [1.54, 1.807) is 12.1 Å². The van der Waals surface area contributed by atoms with Crippen molar-refractivity contribution in [2.45, 2.75) is 39.1 Å². The predicted octanol–water partition coefficient (Wildman–Crippen LogP) is 3.61. The van der Waals surface area contributed by atoms with Crippen molar-refractivity contribution in [3.05, 3.63) is 71.5 Å². The smallest absolute Gasteiger partial charge is 0.123 e. The highest BCUT2D eigenvalue weighted by atomic mass is 19.1. The van der Waals surface area contributed by atoms with Gasteiger partial charge < -0.3 is 9.84 Å². The fraction of sp³-hybridized carbons (Fsp3) is 0.400. The van der Waals surface area contributed by atoms with Crippen LogP contribution in [0.1, 0.15) is 25.0 Å². The minimum Gasteiger partial charge on any atom is -0.389 e. The molecule has 0 bridgehead atoms. The molecule has 4 heteroatoms. The number of ether oxygens (including phenoxy) is 1. The first-order valence-electron chi connectivity index (χ1n) is 8.33. The maximum atomic E-state index is 13.0. The summed E-state index contributed by atoms with van der Waals surface area (Å²) in [6.07, 6.45) is -0.559. The number of hydrogen-bond acceptors (Lipinski definition) is 3. The van der Waals surface area contributed by atoms with Crippen LogP contribution in [0.15, 0.2) is 54.6 Å². The molecule has 3 nitrogen and oxygen atoms in total. The predicted molar refractivity (Wildman–Crippen MR) is 94.1 cm³/mol. The molecule has 1 unspecified atom stereocenters. The molecule has 2 aromatic carbocycles. The van der Waals surface area contributed by atoms with Gasteiger partial charge in [-0.2, -0.15) is 0 Å². The van der Waals surface area contributed by atoms with Gasteiger partial charge in [-0.25, -0.2) is 4.39 Å². The third-order valence-corrected chi connectivity index (χ3v) is 3.90. The summed E-state index contributed by atoms with van der Waals surface area (Å²) in [5, 5.41) is 10.2. The van der Waals surface area contributed by atoms with E-state index in [4.69, 9.17) is 4.74 Å². The summed E-state index contributed by atoms with van der Waals surface area (Å²) >= 11 is 0. The Kier molecular flexibility index (Phi) is 7.37. The Morgan fingerprint density at radius 2 is 1.67 bits per heavy atom. The number of rotatable bonds is 9. The van der Waals surface area contributed by atoms with Crippen LogP contribution in [0.25, 0.3) is 0 Å². The van der Waals surface area contributed by atoms with Gasteiger partial charge in [-0.05, 0) is 37.1 Å². The Morgan fingerprint density at radius 1 is 1.00 bits per heavy atom. The maximum absolute atomic E-state index is 13.0. The van der Waals surface area contributed by atoms with Crippen molar-refractivity contribution in [1.82, 2.24) is 4.90 Å². The van der Waals surface area contributed by atoms with E-state index in [0.29, 0.717) is 26.3 Å². The van der Waals surface area contributed by atoms with Crippen molar-refractivity contribution in [2.24, 2.45) is 0 Å². The van der Waals surface area contributed by atoms with Gasteiger partial charge in [0.25, 0.3) is 0 Å². The number of nitrogens with zero attached hydrogens (tertiary/aromatic N) is 1. The Bertz CT molecular complexity index is 586. The first-order valence-corrected chi connectivity index (χ1v) is 8.33. The highest BCUT2D eigenvalue weighted by Crippen LogP contribution is 2.11. The highest BCUT2D eigenvalue weighted by molar-refractivity contribution is 5.16. The lowest BCUT2D eigenvalue weighted by Crippen LogP contribution is -2.38. The third kappa shape index (κ3) is 6.40. The Morgan fingerprint density at radius 3 is 2.29 bits per heavy atom. The summed E-state index contributed by atoms with van der Waals surface area (Å²) in [7, 11) is 0. The van der Waals surface area contributed by atoms with Gasteiger partial charge >= 0.3 is 0 Å². The normalized spacial score (nSPS) is 12.8. The van der Waals surface area contributed by atoms with Gasteiger partial charge in [-0.15, -0.1) is 0 Å². The van der Waals surface area contributed by atoms with E-state index < -0.39 is 6.10 Å². The topological polar surface area (TPSA) is 32.7 Å². The van der Waals surface area contributed by atoms with E-state index in [9.17, 15) is 9.50 Å². The Balaban J connectivity index is 1.79. The van der Waals surface area contributed by atoms with Crippen LogP contribution in [0.3, 0.4) is 0 Å². The molecule has 0 aromatic heterocycles. The highest BCUT2D eigenvalue weighted by Gasteiger charge is 2.15. The average Bonchev–Trinajstić information content (AvgIpc) is 2.57. The van der Waals surface area contributed by atoms with Gasteiger partial charge in [0.2, 0.25) is 0 Å². The molecule has 24 heavy (non-hydrogen) atoms. The van der Waals surface area contributed by atoms with Crippen LogP contribution >= 0.6 is 0 Å². The number of hydrogen-bond donors (Lipinski definition) is 1. The Hall–Kier alpha value is -1.75. The standard InChI is InChI=1S/C20H26FNO2/c1-16(2)22(12-17-8-10-19(21)11-9-17)13-20(23)15-24-14-18-6-4-3-5-7-18/h3-11,16,20,23H,12-15H2,1-2H3. The molecule has 0 spiro atoms. The van der Waals surface area contributed by atoms with Crippen LogP contribution in [-0.2, 0) is 17.9 Å². The molecule has 2 aromatic rings. The molecular formula is C20H26FNO2. The second-order valence-electron chi connectivity index (χ2n) is 6.30. The summed E-state index contributed by atoms with van der Waals surface area (Å²) in [6.45, 7) is 6.15. The van der Waals surface area contributed by atoms with Crippen molar-refractivity contribution in [3.8, 4) is 0 Å². The second-order valence-corrected chi connectivity index (χ2v) is 6.30. The van der Waals surface area contributed by atoms with Crippen molar-refractivity contribution < 1.29 is 14.2 Å². The fourth-order valence-electron chi connectivity index (χ4n) is 2.49. The Labute approximate surface area is 143 Å². The van der Waals surface area contributed by atoms with Gasteiger partial charge in [0, 0.05) is 19.1 Å². The monoisotopic (exact) mass is 331 g/mol. The van der Waals surface area contributed by atoms with Crippen LogP contribution < -0.4 is 0 Å². The summed E-state index contributed by atoms with van der Waals surface area (Å²) in [4.78, 5) is 2.16. The van der Waals surface area contributed by atoms with Gasteiger partial charge in [-0.1, -0.05) is 42.5 Å². The number of benzene rings is 2. The number of aliphatic hydroxyl groups excluding tert-OH is 1. The lowest BCUT2D eigenvalue weighted by atomic mass is 10.1. The molecule has 0 saturated carbocycles. The molecule has 0 aliphatic carbocycles. The van der Waals surface area contributed by atoms with E-state index in [2.05, 4.69) is 18.7 Å². The zero-order valence-electron chi connectivity index (χ0n) is 14.4. The van der Waals surface area contributed by atoms with E-state index in [0.717, 1.165) is 11.1 Å². The molecular weight excluding hydrogens is 305 g/mol. The molecule has 0 saturated heterocycles. The van der Waals surface area contributed by atoms with Gasteiger partial charge in [-0.3, -0.25) is 4.90 Å². The molecule has 0 heterocycles. The molecule has 0 fully saturated rings. The molecule has 0 amide bonds. The van der Waals surface area contributed by atoms with Gasteiger partial charge in [0.05, 0.1) is 19.3 Å². The van der Waals surface area contributed by atoms with Gasteiger partial charge in [0.1, 0.15) is 5.82 Å². The van der Waals surface area contributed by atoms with Crippen LogP contribution in [0.5, 0.6) is 0 Å². The van der Waals surface area contributed by atoms with Gasteiger partial charge in [0.15, 0.2) is 0 Å². The first kappa shape index (κ1) is 18.6. The van der Waals surface area contributed by atoms with Crippen LogP contribution in [0, 0.1) is 5.82 Å². The van der Waals surface area contributed by atoms with Crippen molar-refractivity contribution in [3.63, 3.8) is 0 Å². The molecule has 1 N–H and O–H groups in total. The molecule has 0 aliphatic heterocycles. The average molecular weight is 331 g/mol. The van der Waals surface area contributed by atoms with Crippen LogP contribution in [-0.4, -0.2) is 35.3 Å². The third-order valence-electron chi connectivity index (χ3n) is 3.90. The lowest BCUT2D eigenvalue weighted by molar-refractivity contribution is 0.00314. The first-order chi connectivity index (χ1) is 11.5. The molecule has 0 radical (unpaired) electrons. The second kappa shape index (κ2) is 9.52. The molecule has 2 rings (SSSR count). The zero-order valence-corrected chi connectivity index (χ0v) is 14.4. The van der Waals surface area contributed by atoms with Crippen molar-refractivity contribution in [1.29, 1.82) is 0 Å². The summed E-state index contributed by atoms with van der Waals surface area (Å²) < 4.78 is 18.6. The minimum atomic E-state index is -0.559. The molecule has 130 valence electrons. The van der Waals surface area contributed by atoms with E-state index in [-0.39, 0.29) is 11.9 Å². The largest absolute Gasteiger partial charge is 0.389 e. The van der Waals surface area contributed by atoms with Crippen LogP contribution in [0.2, 0.25) is 0 Å². The zero-order chi connectivity index (χ0) is 17.4. The molecule has 1 atom stereocenters. The summed E-state index contributed by atoms with van der Waals surface area (Å²) in [5.74, 6) is -0.232. The minimum absolute atomic E-state index is 0.232. The van der Waals surface area contributed by atoms with E-state index in [1.165, 1.54) is 12.1 Å². The van der Waals surface area contributed by atoms with Crippen LogP contribution in [0.4, 0.5) is 4.39 Å². The number of halogens is 1. The maximum Gasteiger partial charge on any atom is 0.123 e. The quantitative estimate of drug-likeness (QED) is 0.762. The summed E-state index contributed by atoms with van der Waals surface area (Å²) in [5.41, 5.74) is 2.12. The van der Waals surface area contributed by atoms with E-state index >= 15 is 0 Å². The fourth-order valence-corrected chi connectivity index (χ4v) is 2.49. The SMILES string of the molecule is CC(C)N(Cc1ccc(F)cc1)CC(O)COCc1ccccc1. The van der Waals surface area contributed by atoms with Crippen molar-refractivity contribution >= 4 is 0 Å². The lowest BCUT2D eigenvalue weighted by Gasteiger charge is -2.28.